The zero-order valence-electron chi connectivity index (χ0n) is 11.9. The Kier molecular flexibility index (Phi) is 3.42. The van der Waals surface area contributed by atoms with Gasteiger partial charge < -0.3 is 0 Å². The first-order valence-electron chi connectivity index (χ1n) is 7.50. The van der Waals surface area contributed by atoms with E-state index in [1.54, 1.807) is 5.57 Å². The van der Waals surface area contributed by atoms with Crippen molar-refractivity contribution in [2.45, 2.75) is 39.5 Å². The summed E-state index contributed by atoms with van der Waals surface area (Å²) in [4.78, 5) is 0. The summed E-state index contributed by atoms with van der Waals surface area (Å²) in [5.74, 6) is 0.728. The van der Waals surface area contributed by atoms with Crippen molar-refractivity contribution in [2.24, 2.45) is 5.92 Å². The Balaban J connectivity index is 1.90. The van der Waals surface area contributed by atoms with Gasteiger partial charge in [0.25, 0.3) is 0 Å². The average molecular weight is 250 g/mol. The minimum Gasteiger partial charge on any atom is -0.0654 e. The van der Waals surface area contributed by atoms with Crippen LogP contribution in [0.25, 0.3) is 16.8 Å². The first kappa shape index (κ1) is 12.5. The van der Waals surface area contributed by atoms with Crippen LogP contribution in [0.3, 0.4) is 0 Å². The maximum Gasteiger partial charge on any atom is -0.00490 e. The highest BCUT2D eigenvalue weighted by Gasteiger charge is 2.18. The summed E-state index contributed by atoms with van der Waals surface area (Å²) in [7, 11) is 0. The molecular weight excluding hydrogens is 228 g/mol. The molecule has 0 saturated carbocycles. The Labute approximate surface area is 116 Å². The summed E-state index contributed by atoms with van der Waals surface area (Å²) >= 11 is 0. The second kappa shape index (κ2) is 5.21. The molecule has 1 unspecified atom stereocenters. The molecule has 0 saturated heterocycles. The Morgan fingerprint density at radius 3 is 2.79 bits per heavy atom. The van der Waals surface area contributed by atoms with E-state index in [1.165, 1.54) is 41.2 Å². The number of benzene rings is 2. The fraction of sp³-hybridized carbons (Fsp3) is 0.368. The zero-order valence-corrected chi connectivity index (χ0v) is 11.9. The van der Waals surface area contributed by atoms with Gasteiger partial charge in [-0.2, -0.15) is 0 Å². The summed E-state index contributed by atoms with van der Waals surface area (Å²) in [6.07, 6.45) is 7.56. The molecule has 19 heavy (non-hydrogen) atoms. The van der Waals surface area contributed by atoms with Gasteiger partial charge in [0.1, 0.15) is 0 Å². The van der Waals surface area contributed by atoms with E-state index in [9.17, 15) is 0 Å². The molecule has 2 aromatic carbocycles. The summed E-state index contributed by atoms with van der Waals surface area (Å²) in [5, 5.41) is 2.81. The molecule has 0 spiro atoms. The van der Waals surface area contributed by atoms with Gasteiger partial charge in [-0.05, 0) is 40.7 Å². The van der Waals surface area contributed by atoms with E-state index in [0.29, 0.717) is 0 Å². The molecule has 2 aromatic rings. The lowest BCUT2D eigenvalue weighted by Gasteiger charge is -2.12. The monoisotopic (exact) mass is 250 g/mol. The third-order valence-electron chi connectivity index (χ3n) is 4.42. The first-order chi connectivity index (χ1) is 9.29. The molecule has 0 nitrogen and oxygen atoms in total. The van der Waals surface area contributed by atoms with Gasteiger partial charge >= 0.3 is 0 Å². The molecule has 1 aliphatic carbocycles. The number of rotatable bonds is 4. The maximum atomic E-state index is 2.43. The van der Waals surface area contributed by atoms with Crippen LogP contribution >= 0.6 is 0 Å². The van der Waals surface area contributed by atoms with Crippen molar-refractivity contribution in [1.82, 2.24) is 0 Å². The van der Waals surface area contributed by atoms with Gasteiger partial charge in [-0.3, -0.25) is 0 Å². The Morgan fingerprint density at radius 1 is 1.11 bits per heavy atom. The number of hydrogen-bond acceptors (Lipinski definition) is 0. The fourth-order valence-corrected chi connectivity index (χ4v) is 3.15. The van der Waals surface area contributed by atoms with Crippen LogP contribution in [0.15, 0.2) is 42.0 Å². The number of hydrogen-bond donors (Lipinski definition) is 0. The van der Waals surface area contributed by atoms with E-state index in [4.69, 9.17) is 0 Å². The minimum absolute atomic E-state index is 0.728. The molecular formula is C19H22. The van der Waals surface area contributed by atoms with Crippen LogP contribution in [0.5, 0.6) is 0 Å². The molecule has 0 amide bonds. The lowest BCUT2D eigenvalue weighted by Crippen LogP contribution is -1.99. The van der Waals surface area contributed by atoms with Crippen molar-refractivity contribution in [1.29, 1.82) is 0 Å². The van der Waals surface area contributed by atoms with E-state index in [0.717, 1.165) is 12.3 Å². The molecule has 1 aliphatic rings. The fourth-order valence-electron chi connectivity index (χ4n) is 3.15. The van der Waals surface area contributed by atoms with Crippen molar-refractivity contribution in [3.63, 3.8) is 0 Å². The van der Waals surface area contributed by atoms with Crippen LogP contribution in [0.2, 0.25) is 0 Å². The van der Waals surface area contributed by atoms with Crippen molar-refractivity contribution in [3.8, 4) is 0 Å². The van der Waals surface area contributed by atoms with Crippen LogP contribution in [0, 0.1) is 5.92 Å². The van der Waals surface area contributed by atoms with Crippen molar-refractivity contribution < 1.29 is 0 Å². The third-order valence-corrected chi connectivity index (χ3v) is 4.42. The standard InChI is InChI=1S/C19H22/c1-3-4-7-14(2)17-12-16-11-10-15-8-5-6-9-18(15)19(16)13-17/h5-6,8-12,14H,3-4,7,13H2,1-2H3. The molecule has 0 aliphatic heterocycles. The van der Waals surface area contributed by atoms with Gasteiger partial charge in [0.2, 0.25) is 0 Å². The van der Waals surface area contributed by atoms with E-state index in [2.05, 4.69) is 56.3 Å². The molecule has 98 valence electrons. The molecule has 0 bridgehead atoms. The van der Waals surface area contributed by atoms with Crippen LogP contribution in [-0.2, 0) is 6.42 Å². The smallest absolute Gasteiger partial charge is 0.00490 e. The highest BCUT2D eigenvalue weighted by Crippen LogP contribution is 2.35. The highest BCUT2D eigenvalue weighted by molar-refractivity contribution is 5.90. The second-order valence-corrected chi connectivity index (χ2v) is 5.79. The SMILES string of the molecule is CCCCC(C)C1=Cc2ccc3ccccc3c2C1. The Morgan fingerprint density at radius 2 is 1.95 bits per heavy atom. The van der Waals surface area contributed by atoms with Crippen LogP contribution in [0.1, 0.15) is 44.2 Å². The summed E-state index contributed by atoms with van der Waals surface area (Å²) in [6, 6.07) is 13.3. The van der Waals surface area contributed by atoms with E-state index in [-0.39, 0.29) is 0 Å². The van der Waals surface area contributed by atoms with E-state index in [1.807, 2.05) is 0 Å². The summed E-state index contributed by atoms with van der Waals surface area (Å²) in [6.45, 7) is 4.66. The molecule has 0 aromatic heterocycles. The van der Waals surface area contributed by atoms with Crippen molar-refractivity contribution >= 4 is 16.8 Å². The summed E-state index contributed by atoms with van der Waals surface area (Å²) < 4.78 is 0. The van der Waals surface area contributed by atoms with Gasteiger partial charge in [0, 0.05) is 0 Å². The lowest BCUT2D eigenvalue weighted by atomic mass is 9.93. The lowest BCUT2D eigenvalue weighted by molar-refractivity contribution is 0.568. The van der Waals surface area contributed by atoms with Crippen LogP contribution < -0.4 is 0 Å². The normalized spacial score (nSPS) is 15.4. The predicted molar refractivity (Wildman–Crippen MR) is 84.3 cm³/mol. The van der Waals surface area contributed by atoms with E-state index >= 15 is 0 Å². The largest absolute Gasteiger partial charge is 0.0654 e. The van der Waals surface area contributed by atoms with Gasteiger partial charge in [0.15, 0.2) is 0 Å². The minimum atomic E-state index is 0.728. The molecule has 0 heterocycles. The number of fused-ring (bicyclic) bond motifs is 3. The Bertz CT molecular complexity index is 619. The van der Waals surface area contributed by atoms with Gasteiger partial charge in [-0.15, -0.1) is 0 Å². The number of allylic oxidation sites excluding steroid dienone is 1. The third kappa shape index (κ3) is 2.32. The molecule has 0 N–H and O–H groups in total. The topological polar surface area (TPSA) is 0 Å². The number of unbranched alkanes of at least 4 members (excludes halogenated alkanes) is 1. The molecule has 0 radical (unpaired) electrons. The van der Waals surface area contributed by atoms with Crippen LogP contribution in [-0.4, -0.2) is 0 Å². The van der Waals surface area contributed by atoms with Crippen LogP contribution in [0.4, 0.5) is 0 Å². The zero-order chi connectivity index (χ0) is 13.2. The predicted octanol–water partition coefficient (Wildman–Crippen LogP) is 5.61. The van der Waals surface area contributed by atoms with Gasteiger partial charge in [-0.25, -0.2) is 0 Å². The summed E-state index contributed by atoms with van der Waals surface area (Å²) in [5.41, 5.74) is 4.60. The quantitative estimate of drug-likeness (QED) is 0.662. The maximum absolute atomic E-state index is 2.43. The van der Waals surface area contributed by atoms with Gasteiger partial charge in [-0.1, -0.05) is 74.7 Å². The molecule has 0 fully saturated rings. The average Bonchev–Trinajstić information content (AvgIpc) is 2.89. The van der Waals surface area contributed by atoms with Crippen molar-refractivity contribution in [2.75, 3.05) is 0 Å². The molecule has 1 atom stereocenters. The first-order valence-corrected chi connectivity index (χ1v) is 7.50. The van der Waals surface area contributed by atoms with Gasteiger partial charge in [0.05, 0.1) is 0 Å². The highest BCUT2D eigenvalue weighted by atomic mass is 14.2. The molecule has 0 heteroatoms. The molecule has 3 rings (SSSR count). The van der Waals surface area contributed by atoms with E-state index < -0.39 is 0 Å². The Hall–Kier alpha value is -1.56. The second-order valence-electron chi connectivity index (χ2n) is 5.79. The van der Waals surface area contributed by atoms with Crippen molar-refractivity contribution in [3.05, 3.63) is 53.1 Å².